The third-order valence-corrected chi connectivity index (χ3v) is 4.39. The highest BCUT2D eigenvalue weighted by Gasteiger charge is 2.13. The van der Waals surface area contributed by atoms with E-state index >= 15 is 0 Å². The zero-order valence-corrected chi connectivity index (χ0v) is 12.5. The fourth-order valence-electron chi connectivity index (χ4n) is 3.10. The highest BCUT2D eigenvalue weighted by atomic mass is 15.2. The molecule has 0 saturated carbocycles. The van der Waals surface area contributed by atoms with Gasteiger partial charge < -0.3 is 10.2 Å². The van der Waals surface area contributed by atoms with Crippen molar-refractivity contribution in [2.24, 2.45) is 0 Å². The maximum atomic E-state index is 3.42. The summed E-state index contributed by atoms with van der Waals surface area (Å²) < 4.78 is 0. The molecule has 1 saturated heterocycles. The van der Waals surface area contributed by atoms with Gasteiger partial charge in [-0.15, -0.1) is 0 Å². The molecule has 0 spiro atoms. The predicted octanol–water partition coefficient (Wildman–Crippen LogP) is 3.04. The molecule has 1 aliphatic heterocycles. The number of hydrogen-bond donors (Lipinski definition) is 1. The van der Waals surface area contributed by atoms with Crippen molar-refractivity contribution < 1.29 is 0 Å². The third kappa shape index (κ3) is 4.05. The molecule has 0 amide bonds. The summed E-state index contributed by atoms with van der Waals surface area (Å²) >= 11 is 0. The topological polar surface area (TPSA) is 15.3 Å². The van der Waals surface area contributed by atoms with Crippen LogP contribution < -0.4 is 5.32 Å². The lowest BCUT2D eigenvalue weighted by Crippen LogP contribution is -2.44. The summed E-state index contributed by atoms with van der Waals surface area (Å²) in [5.74, 6) is 0.735. The highest BCUT2D eigenvalue weighted by Crippen LogP contribution is 2.26. The van der Waals surface area contributed by atoms with Gasteiger partial charge in [-0.2, -0.15) is 0 Å². The van der Waals surface area contributed by atoms with Crippen LogP contribution in [0.2, 0.25) is 0 Å². The molecular weight excluding hydrogens is 232 g/mol. The quantitative estimate of drug-likeness (QED) is 0.846. The monoisotopic (exact) mass is 260 g/mol. The van der Waals surface area contributed by atoms with Crippen LogP contribution in [-0.2, 0) is 6.42 Å². The summed E-state index contributed by atoms with van der Waals surface area (Å²) in [6.45, 7) is 10.5. The van der Waals surface area contributed by atoms with Crippen molar-refractivity contribution in [1.82, 2.24) is 10.2 Å². The molecule has 1 aliphatic rings. The van der Waals surface area contributed by atoms with Gasteiger partial charge in [0.15, 0.2) is 0 Å². The van der Waals surface area contributed by atoms with Crippen molar-refractivity contribution in [2.45, 2.75) is 39.0 Å². The smallest absolute Gasteiger partial charge is 0.0108 e. The Labute approximate surface area is 118 Å². The normalized spacial score (nSPS) is 17.0. The predicted molar refractivity (Wildman–Crippen MR) is 82.8 cm³/mol. The molecular formula is C17H28N2. The second kappa shape index (κ2) is 7.66. The molecule has 0 aliphatic carbocycles. The van der Waals surface area contributed by atoms with Crippen molar-refractivity contribution in [3.63, 3.8) is 0 Å². The maximum Gasteiger partial charge on any atom is 0.0108 e. The zero-order valence-electron chi connectivity index (χ0n) is 12.5. The van der Waals surface area contributed by atoms with E-state index in [0.717, 1.165) is 19.0 Å². The Morgan fingerprint density at radius 1 is 1.11 bits per heavy atom. The van der Waals surface area contributed by atoms with E-state index in [1.165, 1.54) is 38.9 Å². The Balaban J connectivity index is 1.98. The number of nitrogens with one attached hydrogen (secondary N) is 1. The maximum absolute atomic E-state index is 3.42. The third-order valence-electron chi connectivity index (χ3n) is 4.39. The van der Waals surface area contributed by atoms with Crippen LogP contribution in [0.3, 0.4) is 0 Å². The van der Waals surface area contributed by atoms with Crippen molar-refractivity contribution in [3.05, 3.63) is 35.4 Å². The second-order valence-electron chi connectivity index (χ2n) is 5.55. The molecule has 1 aromatic rings. The van der Waals surface area contributed by atoms with Gasteiger partial charge in [0.05, 0.1) is 0 Å². The number of piperazine rings is 1. The van der Waals surface area contributed by atoms with Gasteiger partial charge in [0.25, 0.3) is 0 Å². The summed E-state index contributed by atoms with van der Waals surface area (Å²) in [7, 11) is 0. The van der Waals surface area contributed by atoms with Gasteiger partial charge in [-0.25, -0.2) is 0 Å². The first kappa shape index (κ1) is 14.5. The standard InChI is InChI=1S/C17H28N2/c1-3-15(4-2)17-8-6-5-7-16(17)9-12-19-13-10-18-11-14-19/h5-8,15,18H,3-4,9-14H2,1-2H3. The Kier molecular flexibility index (Phi) is 5.87. The van der Waals surface area contributed by atoms with Gasteiger partial charge in [0.2, 0.25) is 0 Å². The Morgan fingerprint density at radius 3 is 2.47 bits per heavy atom. The summed E-state index contributed by atoms with van der Waals surface area (Å²) in [4.78, 5) is 2.58. The summed E-state index contributed by atoms with van der Waals surface area (Å²) in [6, 6.07) is 9.06. The fourth-order valence-corrected chi connectivity index (χ4v) is 3.10. The number of hydrogen-bond acceptors (Lipinski definition) is 2. The van der Waals surface area contributed by atoms with Crippen molar-refractivity contribution in [2.75, 3.05) is 32.7 Å². The second-order valence-corrected chi connectivity index (χ2v) is 5.55. The Bertz CT molecular complexity index is 365. The van der Waals surface area contributed by atoms with Gasteiger partial charge >= 0.3 is 0 Å². The van der Waals surface area contributed by atoms with Crippen LogP contribution in [0.1, 0.15) is 43.7 Å². The van der Waals surface area contributed by atoms with Crippen LogP contribution in [0.25, 0.3) is 0 Å². The minimum atomic E-state index is 0.735. The van der Waals surface area contributed by atoms with E-state index in [1.54, 1.807) is 11.1 Å². The minimum absolute atomic E-state index is 0.735. The fraction of sp³-hybridized carbons (Fsp3) is 0.647. The molecule has 0 radical (unpaired) electrons. The highest BCUT2D eigenvalue weighted by molar-refractivity contribution is 5.30. The average Bonchev–Trinajstić information content (AvgIpc) is 2.48. The van der Waals surface area contributed by atoms with Crippen LogP contribution in [0.4, 0.5) is 0 Å². The number of benzene rings is 1. The summed E-state index contributed by atoms with van der Waals surface area (Å²) in [6.07, 6.45) is 3.70. The van der Waals surface area contributed by atoms with Crippen molar-refractivity contribution in [3.8, 4) is 0 Å². The molecule has 1 aromatic carbocycles. The lowest BCUT2D eigenvalue weighted by molar-refractivity contribution is 0.243. The van der Waals surface area contributed by atoms with Crippen LogP contribution in [0.5, 0.6) is 0 Å². The van der Waals surface area contributed by atoms with Gasteiger partial charge in [-0.05, 0) is 36.3 Å². The summed E-state index contributed by atoms with van der Waals surface area (Å²) in [5.41, 5.74) is 3.15. The molecule has 1 N–H and O–H groups in total. The number of rotatable bonds is 6. The van der Waals surface area contributed by atoms with Gasteiger partial charge in [0, 0.05) is 32.7 Å². The van der Waals surface area contributed by atoms with E-state index in [2.05, 4.69) is 48.3 Å². The van der Waals surface area contributed by atoms with Crippen molar-refractivity contribution in [1.29, 1.82) is 0 Å². The van der Waals surface area contributed by atoms with Gasteiger partial charge in [-0.3, -0.25) is 0 Å². The first-order valence-corrected chi connectivity index (χ1v) is 7.86. The average molecular weight is 260 g/mol. The van der Waals surface area contributed by atoms with E-state index < -0.39 is 0 Å². The Hall–Kier alpha value is -0.860. The molecule has 0 unspecified atom stereocenters. The number of nitrogens with zero attached hydrogens (tertiary/aromatic N) is 1. The molecule has 1 fully saturated rings. The van der Waals surface area contributed by atoms with E-state index in [1.807, 2.05) is 0 Å². The lowest BCUT2D eigenvalue weighted by atomic mass is 9.89. The first-order chi connectivity index (χ1) is 9.35. The molecule has 2 nitrogen and oxygen atoms in total. The zero-order chi connectivity index (χ0) is 13.5. The molecule has 2 rings (SSSR count). The van der Waals surface area contributed by atoms with Gasteiger partial charge in [0.1, 0.15) is 0 Å². The van der Waals surface area contributed by atoms with Crippen LogP contribution in [-0.4, -0.2) is 37.6 Å². The molecule has 0 bridgehead atoms. The molecule has 19 heavy (non-hydrogen) atoms. The first-order valence-electron chi connectivity index (χ1n) is 7.86. The largest absolute Gasteiger partial charge is 0.314 e. The lowest BCUT2D eigenvalue weighted by Gasteiger charge is -2.27. The molecule has 2 heteroatoms. The minimum Gasteiger partial charge on any atom is -0.314 e. The van der Waals surface area contributed by atoms with E-state index in [4.69, 9.17) is 0 Å². The molecule has 1 heterocycles. The van der Waals surface area contributed by atoms with Crippen molar-refractivity contribution >= 4 is 0 Å². The SMILES string of the molecule is CCC(CC)c1ccccc1CCN1CCNCC1. The van der Waals surface area contributed by atoms with E-state index in [0.29, 0.717) is 0 Å². The van der Waals surface area contributed by atoms with Crippen LogP contribution in [0.15, 0.2) is 24.3 Å². The van der Waals surface area contributed by atoms with Gasteiger partial charge in [-0.1, -0.05) is 38.1 Å². The summed E-state index contributed by atoms with van der Waals surface area (Å²) in [5, 5.41) is 3.42. The van der Waals surface area contributed by atoms with E-state index in [-0.39, 0.29) is 0 Å². The van der Waals surface area contributed by atoms with E-state index in [9.17, 15) is 0 Å². The Morgan fingerprint density at radius 2 is 1.79 bits per heavy atom. The van der Waals surface area contributed by atoms with Crippen LogP contribution >= 0.6 is 0 Å². The molecule has 106 valence electrons. The van der Waals surface area contributed by atoms with Crippen LogP contribution in [0, 0.1) is 0 Å². The molecule has 0 atom stereocenters. The molecule has 0 aromatic heterocycles.